The number of rotatable bonds is 8. The van der Waals surface area contributed by atoms with Gasteiger partial charge in [-0.05, 0) is 31.9 Å². The van der Waals surface area contributed by atoms with Crippen molar-refractivity contribution in [3.05, 3.63) is 35.9 Å². The number of hydroxylamine groups is 1. The van der Waals surface area contributed by atoms with Crippen LogP contribution < -0.4 is 5.48 Å². The monoisotopic (exact) mass is 265 g/mol. The summed E-state index contributed by atoms with van der Waals surface area (Å²) in [5, 5.41) is 0. The van der Waals surface area contributed by atoms with Crippen LogP contribution >= 0.6 is 0 Å². The molecular weight excluding hydrogens is 246 g/mol. The number of ether oxygens (including phenoxy) is 1. The molecule has 5 nitrogen and oxygen atoms in total. The van der Waals surface area contributed by atoms with E-state index in [1.54, 1.807) is 31.2 Å². The molecule has 0 fully saturated rings. The number of hydrogen-bond acceptors (Lipinski definition) is 4. The van der Waals surface area contributed by atoms with E-state index in [9.17, 15) is 9.59 Å². The van der Waals surface area contributed by atoms with Gasteiger partial charge in [0.05, 0.1) is 13.2 Å². The molecule has 0 atom stereocenters. The van der Waals surface area contributed by atoms with Gasteiger partial charge in [-0.3, -0.25) is 14.4 Å². The standard InChI is InChI=1S/C14H19NO4/c1-2-18-13(16)10-6-7-11-19-15-14(17)12-8-4-3-5-9-12/h3-5,8-9H,2,6-7,10-11H2,1H3,(H,15,17). The Bertz CT molecular complexity index is 392. The quantitative estimate of drug-likeness (QED) is 0.444. The lowest BCUT2D eigenvalue weighted by Gasteiger charge is -2.05. The fourth-order valence-corrected chi connectivity index (χ4v) is 1.44. The first-order chi connectivity index (χ1) is 9.24. The molecule has 0 aliphatic carbocycles. The SMILES string of the molecule is CCOC(=O)CCCCONC(=O)c1ccccc1. The van der Waals surface area contributed by atoms with Crippen LogP contribution in [0.2, 0.25) is 0 Å². The molecule has 104 valence electrons. The molecule has 1 aromatic rings. The van der Waals surface area contributed by atoms with Crippen molar-refractivity contribution in [1.82, 2.24) is 5.48 Å². The number of benzene rings is 1. The molecule has 0 aliphatic heterocycles. The second-order valence-corrected chi connectivity index (χ2v) is 3.91. The predicted molar refractivity (Wildman–Crippen MR) is 70.3 cm³/mol. The number of carbonyl (C=O) groups excluding carboxylic acids is 2. The second-order valence-electron chi connectivity index (χ2n) is 3.91. The van der Waals surface area contributed by atoms with E-state index in [2.05, 4.69) is 5.48 Å². The minimum atomic E-state index is -0.272. The number of amides is 1. The van der Waals surface area contributed by atoms with Crippen LogP contribution in [0.5, 0.6) is 0 Å². The molecule has 0 spiro atoms. The maximum atomic E-state index is 11.6. The maximum absolute atomic E-state index is 11.6. The minimum Gasteiger partial charge on any atom is -0.466 e. The van der Waals surface area contributed by atoms with Crippen molar-refractivity contribution >= 4 is 11.9 Å². The molecule has 0 aromatic heterocycles. The molecule has 0 bridgehead atoms. The highest BCUT2D eigenvalue weighted by atomic mass is 16.6. The van der Waals surface area contributed by atoms with Gasteiger partial charge in [0, 0.05) is 12.0 Å². The topological polar surface area (TPSA) is 64.6 Å². The summed E-state index contributed by atoms with van der Waals surface area (Å²) in [6, 6.07) is 8.83. The maximum Gasteiger partial charge on any atom is 0.305 e. The number of esters is 1. The first kappa shape index (κ1) is 15.2. The molecule has 0 aliphatic rings. The molecule has 1 amide bonds. The predicted octanol–water partition coefficient (Wildman–Crippen LogP) is 2.08. The molecule has 0 saturated carbocycles. The Hall–Kier alpha value is -1.88. The Balaban J connectivity index is 2.05. The van der Waals surface area contributed by atoms with Gasteiger partial charge < -0.3 is 4.74 Å². The average Bonchev–Trinajstić information content (AvgIpc) is 2.43. The fraction of sp³-hybridized carbons (Fsp3) is 0.429. The van der Waals surface area contributed by atoms with Gasteiger partial charge in [0.25, 0.3) is 5.91 Å². The Morgan fingerprint density at radius 3 is 2.58 bits per heavy atom. The van der Waals surface area contributed by atoms with E-state index in [0.717, 1.165) is 0 Å². The van der Waals surface area contributed by atoms with Crippen LogP contribution in [0.4, 0.5) is 0 Å². The molecule has 5 heteroatoms. The largest absolute Gasteiger partial charge is 0.466 e. The zero-order valence-corrected chi connectivity index (χ0v) is 11.1. The van der Waals surface area contributed by atoms with Crippen molar-refractivity contribution in [1.29, 1.82) is 0 Å². The third-order valence-corrected chi connectivity index (χ3v) is 2.38. The van der Waals surface area contributed by atoms with Gasteiger partial charge in [-0.15, -0.1) is 0 Å². The molecule has 0 radical (unpaired) electrons. The summed E-state index contributed by atoms with van der Waals surface area (Å²) in [4.78, 5) is 27.6. The van der Waals surface area contributed by atoms with Gasteiger partial charge in [0.1, 0.15) is 0 Å². The summed E-state index contributed by atoms with van der Waals surface area (Å²) >= 11 is 0. The van der Waals surface area contributed by atoms with Crippen LogP contribution in [0, 0.1) is 0 Å². The number of carbonyl (C=O) groups is 2. The lowest BCUT2D eigenvalue weighted by molar-refractivity contribution is -0.143. The van der Waals surface area contributed by atoms with E-state index in [1.807, 2.05) is 6.07 Å². The smallest absolute Gasteiger partial charge is 0.305 e. The van der Waals surface area contributed by atoms with Gasteiger partial charge in [-0.1, -0.05) is 18.2 Å². The van der Waals surface area contributed by atoms with Crippen LogP contribution in [-0.2, 0) is 14.4 Å². The summed E-state index contributed by atoms with van der Waals surface area (Å²) in [6.45, 7) is 2.56. The van der Waals surface area contributed by atoms with Gasteiger partial charge in [0.15, 0.2) is 0 Å². The van der Waals surface area contributed by atoms with E-state index in [4.69, 9.17) is 9.57 Å². The van der Waals surface area contributed by atoms with Crippen LogP contribution in [0.1, 0.15) is 36.5 Å². The van der Waals surface area contributed by atoms with Crippen LogP contribution in [0.15, 0.2) is 30.3 Å². The Morgan fingerprint density at radius 2 is 1.89 bits per heavy atom. The highest BCUT2D eigenvalue weighted by Gasteiger charge is 2.04. The zero-order valence-electron chi connectivity index (χ0n) is 11.1. The lowest BCUT2D eigenvalue weighted by Crippen LogP contribution is -2.24. The molecule has 0 unspecified atom stereocenters. The first-order valence-corrected chi connectivity index (χ1v) is 6.37. The summed E-state index contributed by atoms with van der Waals surface area (Å²) in [5.41, 5.74) is 2.91. The van der Waals surface area contributed by atoms with Crippen molar-refractivity contribution in [2.45, 2.75) is 26.2 Å². The highest BCUT2D eigenvalue weighted by Crippen LogP contribution is 1.99. The summed E-state index contributed by atoms with van der Waals surface area (Å²) in [7, 11) is 0. The third kappa shape index (κ3) is 6.57. The number of hydrogen-bond donors (Lipinski definition) is 1. The Labute approximate surface area is 112 Å². The van der Waals surface area contributed by atoms with Crippen molar-refractivity contribution in [3.63, 3.8) is 0 Å². The van der Waals surface area contributed by atoms with E-state index >= 15 is 0 Å². The van der Waals surface area contributed by atoms with Crippen molar-refractivity contribution in [2.24, 2.45) is 0 Å². The van der Waals surface area contributed by atoms with Crippen molar-refractivity contribution in [3.8, 4) is 0 Å². The van der Waals surface area contributed by atoms with E-state index in [-0.39, 0.29) is 11.9 Å². The molecular formula is C14H19NO4. The summed E-state index contributed by atoms with van der Waals surface area (Å²) < 4.78 is 4.79. The zero-order chi connectivity index (χ0) is 13.9. The lowest BCUT2D eigenvalue weighted by atomic mass is 10.2. The van der Waals surface area contributed by atoms with Gasteiger partial charge in [0.2, 0.25) is 0 Å². The van der Waals surface area contributed by atoms with Gasteiger partial charge >= 0.3 is 5.97 Å². The van der Waals surface area contributed by atoms with Gasteiger partial charge in [-0.2, -0.15) is 0 Å². The molecule has 19 heavy (non-hydrogen) atoms. The Kier molecular flexibility index (Phi) is 7.27. The Morgan fingerprint density at radius 1 is 1.16 bits per heavy atom. The van der Waals surface area contributed by atoms with Crippen molar-refractivity contribution in [2.75, 3.05) is 13.2 Å². The molecule has 0 heterocycles. The second kappa shape index (κ2) is 9.10. The van der Waals surface area contributed by atoms with E-state index in [1.165, 1.54) is 0 Å². The summed E-state index contributed by atoms with van der Waals surface area (Å²) in [6.07, 6.45) is 1.75. The minimum absolute atomic E-state index is 0.198. The first-order valence-electron chi connectivity index (χ1n) is 6.37. The van der Waals surface area contributed by atoms with Crippen LogP contribution in [-0.4, -0.2) is 25.1 Å². The number of nitrogens with one attached hydrogen (secondary N) is 1. The third-order valence-electron chi connectivity index (χ3n) is 2.38. The van der Waals surface area contributed by atoms with E-state index < -0.39 is 0 Å². The van der Waals surface area contributed by atoms with E-state index in [0.29, 0.717) is 38.0 Å². The fourth-order valence-electron chi connectivity index (χ4n) is 1.44. The average molecular weight is 265 g/mol. The van der Waals surface area contributed by atoms with Crippen LogP contribution in [0.3, 0.4) is 0 Å². The summed E-state index contributed by atoms with van der Waals surface area (Å²) in [5.74, 6) is -0.471. The molecule has 1 N–H and O–H groups in total. The van der Waals surface area contributed by atoms with Crippen LogP contribution in [0.25, 0.3) is 0 Å². The normalized spacial score (nSPS) is 9.95. The molecule has 1 aromatic carbocycles. The van der Waals surface area contributed by atoms with Crippen molar-refractivity contribution < 1.29 is 19.2 Å². The number of unbranched alkanes of at least 4 members (excludes halogenated alkanes) is 1. The molecule has 1 rings (SSSR count). The van der Waals surface area contributed by atoms with Gasteiger partial charge in [-0.25, -0.2) is 5.48 Å². The highest BCUT2D eigenvalue weighted by molar-refractivity contribution is 5.93. The molecule has 0 saturated heterocycles.